The first-order valence-electron chi connectivity index (χ1n) is 4.89. The molecule has 14 heavy (non-hydrogen) atoms. The monoisotopic (exact) mass is 193 g/mol. The van der Waals surface area contributed by atoms with Crippen molar-refractivity contribution >= 4 is 0 Å². The molecule has 0 amide bonds. The predicted molar refractivity (Wildman–Crippen MR) is 51.5 cm³/mol. The van der Waals surface area contributed by atoms with Crippen LogP contribution < -0.4 is 0 Å². The lowest BCUT2D eigenvalue weighted by Crippen LogP contribution is -1.98. The topological polar surface area (TPSA) is 62.7 Å². The van der Waals surface area contributed by atoms with Gasteiger partial charge in [0, 0.05) is 12.3 Å². The third-order valence-corrected chi connectivity index (χ3v) is 2.24. The van der Waals surface area contributed by atoms with Gasteiger partial charge in [0.25, 0.3) is 0 Å². The number of aromatic nitrogens is 2. The second-order valence-corrected chi connectivity index (χ2v) is 3.59. The fraction of sp³-hybridized carbons (Fsp3) is 0.700. The zero-order valence-electron chi connectivity index (χ0n) is 8.82. The first kappa shape index (κ1) is 10.7. The molecule has 0 saturated heterocycles. The summed E-state index contributed by atoms with van der Waals surface area (Å²) < 4.78 is 5.05. The van der Waals surface area contributed by atoms with E-state index in [1.54, 1.807) is 0 Å². The standard InChI is InChI=1S/C10H15N3O/c1-4-8(3)10-12-9(14-13-10)5-7(2)6-11/h7-8H,4-5H2,1-3H3. The average Bonchev–Trinajstić information content (AvgIpc) is 2.65. The fourth-order valence-electron chi connectivity index (χ4n) is 1.04. The molecule has 0 spiro atoms. The Balaban J connectivity index is 2.64. The highest BCUT2D eigenvalue weighted by molar-refractivity contribution is 4.95. The molecule has 0 aliphatic carbocycles. The van der Waals surface area contributed by atoms with Crippen LogP contribution in [-0.2, 0) is 6.42 Å². The highest BCUT2D eigenvalue weighted by Crippen LogP contribution is 2.15. The number of nitriles is 1. The Bertz CT molecular complexity index is 326. The van der Waals surface area contributed by atoms with E-state index in [1.165, 1.54) is 0 Å². The molecule has 0 radical (unpaired) electrons. The Hall–Kier alpha value is -1.37. The van der Waals surface area contributed by atoms with Crippen molar-refractivity contribution in [2.24, 2.45) is 5.92 Å². The van der Waals surface area contributed by atoms with E-state index in [0.717, 1.165) is 12.2 Å². The minimum Gasteiger partial charge on any atom is -0.339 e. The van der Waals surface area contributed by atoms with Crippen LogP contribution in [0.3, 0.4) is 0 Å². The zero-order valence-corrected chi connectivity index (χ0v) is 8.82. The van der Waals surface area contributed by atoms with E-state index >= 15 is 0 Å². The maximum absolute atomic E-state index is 8.62. The molecule has 1 aromatic rings. The quantitative estimate of drug-likeness (QED) is 0.735. The van der Waals surface area contributed by atoms with Crippen molar-refractivity contribution in [1.82, 2.24) is 10.1 Å². The lowest BCUT2D eigenvalue weighted by Gasteiger charge is -1.98. The van der Waals surface area contributed by atoms with Crippen LogP contribution in [0.2, 0.25) is 0 Å². The van der Waals surface area contributed by atoms with Crippen molar-refractivity contribution in [3.63, 3.8) is 0 Å². The zero-order chi connectivity index (χ0) is 10.6. The Morgan fingerprint density at radius 1 is 1.50 bits per heavy atom. The molecule has 4 nitrogen and oxygen atoms in total. The number of hydrogen-bond acceptors (Lipinski definition) is 4. The minimum atomic E-state index is -0.0692. The summed E-state index contributed by atoms with van der Waals surface area (Å²) in [5.74, 6) is 1.56. The van der Waals surface area contributed by atoms with Crippen molar-refractivity contribution in [3.8, 4) is 6.07 Å². The normalized spacial score (nSPS) is 14.7. The van der Waals surface area contributed by atoms with Gasteiger partial charge in [-0.1, -0.05) is 19.0 Å². The van der Waals surface area contributed by atoms with Crippen LogP contribution in [0.4, 0.5) is 0 Å². The van der Waals surface area contributed by atoms with Crippen molar-refractivity contribution in [3.05, 3.63) is 11.7 Å². The highest BCUT2D eigenvalue weighted by Gasteiger charge is 2.13. The molecule has 0 aliphatic rings. The molecule has 1 aromatic heterocycles. The van der Waals surface area contributed by atoms with Crippen molar-refractivity contribution in [2.75, 3.05) is 0 Å². The number of nitrogens with zero attached hydrogens (tertiary/aromatic N) is 3. The van der Waals surface area contributed by atoms with Gasteiger partial charge in [0.1, 0.15) is 0 Å². The van der Waals surface area contributed by atoms with Crippen LogP contribution in [-0.4, -0.2) is 10.1 Å². The van der Waals surface area contributed by atoms with Crippen LogP contribution in [0.15, 0.2) is 4.52 Å². The molecular weight excluding hydrogens is 178 g/mol. The van der Waals surface area contributed by atoms with Crippen molar-refractivity contribution in [2.45, 2.75) is 39.5 Å². The van der Waals surface area contributed by atoms with Crippen LogP contribution in [0, 0.1) is 17.2 Å². The minimum absolute atomic E-state index is 0.0692. The summed E-state index contributed by atoms with van der Waals surface area (Å²) in [6, 6.07) is 2.14. The summed E-state index contributed by atoms with van der Waals surface area (Å²) in [5.41, 5.74) is 0. The second kappa shape index (κ2) is 4.75. The molecule has 0 saturated carbocycles. The van der Waals surface area contributed by atoms with E-state index in [2.05, 4.69) is 30.1 Å². The van der Waals surface area contributed by atoms with Gasteiger partial charge in [0.15, 0.2) is 5.82 Å². The molecule has 0 aliphatic heterocycles. The molecule has 0 bridgehead atoms. The Kier molecular flexibility index (Phi) is 3.63. The van der Waals surface area contributed by atoms with E-state index < -0.39 is 0 Å². The van der Waals surface area contributed by atoms with Gasteiger partial charge in [-0.15, -0.1) is 0 Å². The van der Waals surface area contributed by atoms with Crippen LogP contribution in [0.25, 0.3) is 0 Å². The summed E-state index contributed by atoms with van der Waals surface area (Å²) >= 11 is 0. The molecule has 0 aromatic carbocycles. The fourth-order valence-corrected chi connectivity index (χ4v) is 1.04. The Morgan fingerprint density at radius 2 is 2.21 bits per heavy atom. The van der Waals surface area contributed by atoms with Gasteiger partial charge in [0.2, 0.25) is 5.89 Å². The van der Waals surface area contributed by atoms with Gasteiger partial charge in [-0.25, -0.2) is 0 Å². The highest BCUT2D eigenvalue weighted by atomic mass is 16.5. The van der Waals surface area contributed by atoms with E-state index in [9.17, 15) is 0 Å². The van der Waals surface area contributed by atoms with Gasteiger partial charge in [-0.3, -0.25) is 0 Å². The summed E-state index contributed by atoms with van der Waals surface area (Å²) in [7, 11) is 0. The molecule has 2 unspecified atom stereocenters. The Labute approximate surface area is 83.9 Å². The smallest absolute Gasteiger partial charge is 0.227 e. The third-order valence-electron chi connectivity index (χ3n) is 2.24. The van der Waals surface area contributed by atoms with E-state index in [-0.39, 0.29) is 5.92 Å². The van der Waals surface area contributed by atoms with Gasteiger partial charge < -0.3 is 4.52 Å². The first-order valence-corrected chi connectivity index (χ1v) is 4.89. The summed E-state index contributed by atoms with van der Waals surface area (Å²) in [4.78, 5) is 4.24. The second-order valence-electron chi connectivity index (χ2n) is 3.59. The number of hydrogen-bond donors (Lipinski definition) is 0. The molecule has 4 heteroatoms. The molecule has 1 heterocycles. The molecular formula is C10H15N3O. The van der Waals surface area contributed by atoms with Crippen molar-refractivity contribution < 1.29 is 4.52 Å². The van der Waals surface area contributed by atoms with E-state index in [0.29, 0.717) is 18.2 Å². The molecule has 76 valence electrons. The van der Waals surface area contributed by atoms with Gasteiger partial charge in [0.05, 0.1) is 12.0 Å². The number of rotatable bonds is 4. The molecule has 1 rings (SSSR count). The van der Waals surface area contributed by atoms with Crippen LogP contribution in [0.5, 0.6) is 0 Å². The summed E-state index contributed by atoms with van der Waals surface area (Å²) in [6.07, 6.45) is 1.53. The first-order chi connectivity index (χ1) is 6.67. The van der Waals surface area contributed by atoms with E-state index in [1.807, 2.05) is 6.92 Å². The third kappa shape index (κ3) is 2.56. The van der Waals surface area contributed by atoms with Gasteiger partial charge in [-0.2, -0.15) is 10.2 Å². The summed E-state index contributed by atoms with van der Waals surface area (Å²) in [5, 5.41) is 12.5. The summed E-state index contributed by atoms with van der Waals surface area (Å²) in [6.45, 7) is 5.98. The lowest BCUT2D eigenvalue weighted by molar-refractivity contribution is 0.362. The molecule has 0 N–H and O–H groups in total. The Morgan fingerprint density at radius 3 is 2.79 bits per heavy atom. The average molecular weight is 193 g/mol. The largest absolute Gasteiger partial charge is 0.339 e. The molecule has 2 atom stereocenters. The maximum Gasteiger partial charge on any atom is 0.227 e. The van der Waals surface area contributed by atoms with Crippen molar-refractivity contribution in [1.29, 1.82) is 5.26 Å². The van der Waals surface area contributed by atoms with Gasteiger partial charge >= 0.3 is 0 Å². The molecule has 0 fully saturated rings. The SMILES string of the molecule is CCC(C)c1noc(CC(C)C#N)n1. The lowest BCUT2D eigenvalue weighted by atomic mass is 10.1. The van der Waals surface area contributed by atoms with Crippen LogP contribution in [0.1, 0.15) is 44.8 Å². The van der Waals surface area contributed by atoms with E-state index in [4.69, 9.17) is 9.78 Å². The maximum atomic E-state index is 8.62. The van der Waals surface area contributed by atoms with Crippen LogP contribution >= 0.6 is 0 Å². The van der Waals surface area contributed by atoms with Gasteiger partial charge in [-0.05, 0) is 13.3 Å². The predicted octanol–water partition coefficient (Wildman–Crippen LogP) is 2.29.